The quantitative estimate of drug-likeness (QED) is 0.312. The standard InChI is InChI=1S/C27H23F4N3O4/c28-21-17(5-3-7-20(21)24(36)33-26(25(37)38)12-1-2-13-26)6-4-15-34-16-14-32-23(34)22(35)18-8-10-19(11-9-18)27(29,30)31/h3-11,14,16H,1-2,12-13,15H2,(H,33,36)(H,37,38)/b6-4+. The number of alkyl halides is 3. The number of carbonyl (C=O) groups excluding carboxylic acids is 2. The van der Waals surface area contributed by atoms with Crippen LogP contribution >= 0.6 is 0 Å². The number of ketones is 1. The number of aliphatic carboxylic acids is 1. The number of hydrogen-bond donors (Lipinski definition) is 2. The van der Waals surface area contributed by atoms with Gasteiger partial charge in [0, 0.05) is 30.1 Å². The molecule has 0 aliphatic heterocycles. The Kier molecular flexibility index (Phi) is 7.47. The molecule has 0 bridgehead atoms. The number of aromatic nitrogens is 2. The first kappa shape index (κ1) is 26.8. The summed E-state index contributed by atoms with van der Waals surface area (Å²) in [5, 5.41) is 12.1. The van der Waals surface area contributed by atoms with Gasteiger partial charge in [0.2, 0.25) is 5.78 Å². The average molecular weight is 529 g/mol. The Bertz CT molecular complexity index is 1390. The minimum atomic E-state index is -4.52. The van der Waals surface area contributed by atoms with Gasteiger partial charge in [-0.25, -0.2) is 14.2 Å². The number of carboxylic acid groups (broad SMARTS) is 1. The third-order valence-corrected chi connectivity index (χ3v) is 6.49. The van der Waals surface area contributed by atoms with E-state index in [-0.39, 0.29) is 41.9 Å². The molecule has 1 heterocycles. The molecule has 11 heteroatoms. The predicted octanol–water partition coefficient (Wildman–Crippen LogP) is 5.11. The van der Waals surface area contributed by atoms with Crippen LogP contribution in [0.1, 0.15) is 63.4 Å². The summed E-state index contributed by atoms with van der Waals surface area (Å²) < 4.78 is 54.9. The average Bonchev–Trinajstić information content (AvgIpc) is 3.55. The zero-order chi connectivity index (χ0) is 27.5. The molecule has 38 heavy (non-hydrogen) atoms. The summed E-state index contributed by atoms with van der Waals surface area (Å²) in [5.74, 6) is -3.39. The van der Waals surface area contributed by atoms with Crippen LogP contribution in [0.15, 0.2) is 60.9 Å². The van der Waals surface area contributed by atoms with Crippen molar-refractivity contribution in [3.8, 4) is 0 Å². The van der Waals surface area contributed by atoms with E-state index in [0.29, 0.717) is 12.8 Å². The largest absolute Gasteiger partial charge is 0.480 e. The molecule has 1 aliphatic carbocycles. The number of imidazole rings is 1. The van der Waals surface area contributed by atoms with Gasteiger partial charge in [0.15, 0.2) is 5.82 Å². The number of carbonyl (C=O) groups is 3. The van der Waals surface area contributed by atoms with Gasteiger partial charge in [-0.05, 0) is 31.0 Å². The van der Waals surface area contributed by atoms with Gasteiger partial charge in [0.25, 0.3) is 5.91 Å². The smallest absolute Gasteiger partial charge is 0.416 e. The molecule has 7 nitrogen and oxygen atoms in total. The molecule has 3 aromatic rings. The first-order valence-corrected chi connectivity index (χ1v) is 11.8. The number of carboxylic acids is 1. The molecule has 1 aromatic heterocycles. The maximum atomic E-state index is 15.1. The Morgan fingerprint density at radius 1 is 1.08 bits per heavy atom. The lowest BCUT2D eigenvalue weighted by Gasteiger charge is -2.25. The number of amides is 1. The number of halogens is 4. The summed E-state index contributed by atoms with van der Waals surface area (Å²) in [4.78, 5) is 41.2. The molecule has 0 unspecified atom stereocenters. The van der Waals surface area contributed by atoms with Crippen molar-refractivity contribution in [3.05, 3.63) is 94.8 Å². The molecule has 1 amide bonds. The van der Waals surface area contributed by atoms with Gasteiger partial charge in [-0.1, -0.05) is 49.3 Å². The topological polar surface area (TPSA) is 101 Å². The van der Waals surface area contributed by atoms with Crippen molar-refractivity contribution in [2.24, 2.45) is 0 Å². The second-order valence-electron chi connectivity index (χ2n) is 8.97. The molecule has 0 atom stereocenters. The zero-order valence-electron chi connectivity index (χ0n) is 20.0. The minimum absolute atomic E-state index is 0.0152. The van der Waals surface area contributed by atoms with E-state index in [1.165, 1.54) is 47.3 Å². The van der Waals surface area contributed by atoms with Crippen LogP contribution in [0.5, 0.6) is 0 Å². The Morgan fingerprint density at radius 2 is 1.76 bits per heavy atom. The first-order chi connectivity index (χ1) is 18.0. The monoisotopic (exact) mass is 529 g/mol. The van der Waals surface area contributed by atoms with E-state index < -0.39 is 40.8 Å². The highest BCUT2D eigenvalue weighted by atomic mass is 19.4. The molecule has 1 aliphatic rings. The van der Waals surface area contributed by atoms with Crippen LogP contribution in [0.4, 0.5) is 17.6 Å². The summed E-state index contributed by atoms with van der Waals surface area (Å²) in [7, 11) is 0. The lowest BCUT2D eigenvalue weighted by molar-refractivity contribution is -0.144. The van der Waals surface area contributed by atoms with Crippen LogP contribution in [0.2, 0.25) is 0 Å². The van der Waals surface area contributed by atoms with Gasteiger partial charge in [-0.15, -0.1) is 0 Å². The molecule has 4 rings (SSSR count). The van der Waals surface area contributed by atoms with Crippen molar-refractivity contribution in [1.29, 1.82) is 0 Å². The van der Waals surface area contributed by atoms with Crippen LogP contribution in [-0.2, 0) is 17.5 Å². The minimum Gasteiger partial charge on any atom is -0.480 e. The molecule has 198 valence electrons. The van der Waals surface area contributed by atoms with Crippen molar-refractivity contribution < 1.29 is 37.1 Å². The molecule has 0 spiro atoms. The fraction of sp³-hybridized carbons (Fsp3) is 0.259. The first-order valence-electron chi connectivity index (χ1n) is 11.8. The third kappa shape index (κ3) is 5.51. The van der Waals surface area contributed by atoms with Gasteiger partial charge >= 0.3 is 12.1 Å². The van der Waals surface area contributed by atoms with E-state index in [0.717, 1.165) is 24.3 Å². The molecule has 0 saturated heterocycles. The molecule has 2 aromatic carbocycles. The van der Waals surface area contributed by atoms with E-state index in [2.05, 4.69) is 10.3 Å². The van der Waals surface area contributed by atoms with Crippen LogP contribution in [0.3, 0.4) is 0 Å². The molecule has 2 N–H and O–H groups in total. The zero-order valence-corrected chi connectivity index (χ0v) is 20.0. The molecule has 1 saturated carbocycles. The van der Waals surface area contributed by atoms with E-state index in [4.69, 9.17) is 0 Å². The predicted molar refractivity (Wildman–Crippen MR) is 129 cm³/mol. The van der Waals surface area contributed by atoms with Crippen LogP contribution < -0.4 is 5.32 Å². The van der Waals surface area contributed by atoms with Crippen LogP contribution in [0, 0.1) is 5.82 Å². The molecule has 1 fully saturated rings. The van der Waals surface area contributed by atoms with Gasteiger partial charge in [0.05, 0.1) is 11.1 Å². The number of nitrogens with zero attached hydrogens (tertiary/aromatic N) is 2. The Balaban J connectivity index is 1.47. The maximum absolute atomic E-state index is 15.1. The Morgan fingerprint density at radius 3 is 2.39 bits per heavy atom. The third-order valence-electron chi connectivity index (χ3n) is 6.49. The van der Waals surface area contributed by atoms with Gasteiger partial charge < -0.3 is 15.0 Å². The highest BCUT2D eigenvalue weighted by Gasteiger charge is 2.43. The SMILES string of the molecule is O=C(NC1(C(=O)O)CCCC1)c1cccc(/C=C/Cn2ccnc2C(=O)c2ccc(C(F)(F)F)cc2)c1F. The summed E-state index contributed by atoms with van der Waals surface area (Å²) in [6, 6.07) is 7.96. The lowest BCUT2D eigenvalue weighted by atomic mass is 9.97. The second kappa shape index (κ2) is 10.6. The summed E-state index contributed by atoms with van der Waals surface area (Å²) in [6.45, 7) is 0.0830. The second-order valence-corrected chi connectivity index (χ2v) is 8.97. The van der Waals surface area contributed by atoms with Crippen molar-refractivity contribution in [3.63, 3.8) is 0 Å². The number of nitrogens with one attached hydrogen (secondary N) is 1. The molecule has 0 radical (unpaired) electrons. The van der Waals surface area contributed by atoms with Gasteiger partial charge in [-0.2, -0.15) is 13.2 Å². The fourth-order valence-electron chi connectivity index (χ4n) is 4.41. The Labute approximate surface area is 214 Å². The van der Waals surface area contributed by atoms with E-state index >= 15 is 4.39 Å². The van der Waals surface area contributed by atoms with Crippen LogP contribution in [-0.4, -0.2) is 37.9 Å². The van der Waals surface area contributed by atoms with Crippen molar-refractivity contribution >= 4 is 23.7 Å². The summed E-state index contributed by atoms with van der Waals surface area (Å²) >= 11 is 0. The highest BCUT2D eigenvalue weighted by molar-refractivity contribution is 6.06. The van der Waals surface area contributed by atoms with Gasteiger partial charge in [-0.3, -0.25) is 9.59 Å². The maximum Gasteiger partial charge on any atom is 0.416 e. The van der Waals surface area contributed by atoms with Gasteiger partial charge in [0.1, 0.15) is 11.4 Å². The molecular formula is C27H23F4N3O4. The van der Waals surface area contributed by atoms with Crippen molar-refractivity contribution in [2.45, 2.75) is 43.9 Å². The number of rotatable bonds is 8. The van der Waals surface area contributed by atoms with Crippen molar-refractivity contribution in [2.75, 3.05) is 0 Å². The van der Waals surface area contributed by atoms with Crippen molar-refractivity contribution in [1.82, 2.24) is 14.9 Å². The number of allylic oxidation sites excluding steroid dienone is 1. The number of hydrogen-bond acceptors (Lipinski definition) is 4. The summed E-state index contributed by atoms with van der Waals surface area (Å²) in [6.07, 6.45) is 3.10. The highest BCUT2D eigenvalue weighted by Crippen LogP contribution is 2.31. The van der Waals surface area contributed by atoms with E-state index in [9.17, 15) is 32.7 Å². The molecular weight excluding hydrogens is 506 g/mol. The normalized spacial score (nSPS) is 15.1. The van der Waals surface area contributed by atoms with Crippen LogP contribution in [0.25, 0.3) is 6.08 Å². The lowest BCUT2D eigenvalue weighted by Crippen LogP contribution is -2.52. The number of benzene rings is 2. The van der Waals surface area contributed by atoms with E-state index in [1.54, 1.807) is 0 Å². The summed E-state index contributed by atoms with van der Waals surface area (Å²) in [5.41, 5.74) is -2.47. The van der Waals surface area contributed by atoms with E-state index in [1.807, 2.05) is 0 Å². The fourth-order valence-corrected chi connectivity index (χ4v) is 4.41. The Hall–Kier alpha value is -4.28.